The number of nitrogens with one attached hydrogen (secondary N) is 1. The number of methoxy groups -OCH3 is 1. The number of fused-ring (bicyclic) bond motifs is 5. The highest BCUT2D eigenvalue weighted by Crippen LogP contribution is 2.62. The Bertz CT molecular complexity index is 1590. The maximum absolute atomic E-state index is 13.7. The molecule has 11 nitrogen and oxygen atoms in total. The van der Waals surface area contributed by atoms with Gasteiger partial charge < -0.3 is 30.2 Å². The Hall–Kier alpha value is -3.11. The zero-order chi connectivity index (χ0) is 35.9. The molecule has 0 bridgehead atoms. The molecule has 0 heterocycles. The molecule has 3 aliphatic carbocycles. The van der Waals surface area contributed by atoms with Gasteiger partial charge in [0.2, 0.25) is 5.91 Å². The fourth-order valence-electron chi connectivity index (χ4n) is 8.29. The van der Waals surface area contributed by atoms with E-state index in [0.717, 1.165) is 38.5 Å². The Morgan fingerprint density at radius 2 is 1.71 bits per heavy atom. The molecule has 0 radical (unpaired) electrons. The van der Waals surface area contributed by atoms with E-state index in [1.165, 1.54) is 30.4 Å². The average Bonchev–Trinajstić information content (AvgIpc) is 3.31. The third-order valence-corrected chi connectivity index (χ3v) is 12.1. The summed E-state index contributed by atoms with van der Waals surface area (Å²) in [6.45, 7) is 13.6. The lowest BCUT2D eigenvalue weighted by Gasteiger charge is -2.50. The zero-order valence-corrected chi connectivity index (χ0v) is 31.0. The Morgan fingerprint density at radius 1 is 1.02 bits per heavy atom. The number of carbonyl (C=O) groups excluding carboxylic acids is 2. The van der Waals surface area contributed by atoms with Crippen LogP contribution in [0, 0.1) is 17.3 Å². The quantitative estimate of drug-likeness (QED) is 0.157. The van der Waals surface area contributed by atoms with Crippen molar-refractivity contribution in [1.29, 1.82) is 0 Å². The van der Waals surface area contributed by atoms with Crippen LogP contribution in [0.1, 0.15) is 114 Å². The molecule has 49 heavy (non-hydrogen) atoms. The summed E-state index contributed by atoms with van der Waals surface area (Å²) in [6, 6.07) is 8.99. The second kappa shape index (κ2) is 13.9. The molecule has 0 saturated heterocycles. The standard InChI is InChI=1S/C37H53N2O9P/c1-35(2,3)47-49(43,48-36(4,5)6)46-23-10-12-24-22(21-23)9-11-26-25(24)17-19-37(7)27(26)13-16-30(37)45-20-18-31(40)39-28-14-15-29(44-8)32(33(28)41)34(38)42/h10,12,14-15,21,25-27,30,41H,9,11,13,16-20H2,1-8H3,(H2,38,42)(H,39,40). The van der Waals surface area contributed by atoms with E-state index < -0.39 is 30.7 Å². The molecule has 0 aromatic heterocycles. The predicted molar refractivity (Wildman–Crippen MR) is 187 cm³/mol. The summed E-state index contributed by atoms with van der Waals surface area (Å²) in [5, 5.41) is 13.2. The summed E-state index contributed by atoms with van der Waals surface area (Å²) >= 11 is 0. The molecule has 5 rings (SSSR count). The Morgan fingerprint density at radius 3 is 2.35 bits per heavy atom. The Labute approximate surface area is 290 Å². The first-order valence-electron chi connectivity index (χ1n) is 17.3. The van der Waals surface area contributed by atoms with Crippen LogP contribution in [-0.4, -0.2) is 47.9 Å². The zero-order valence-electron chi connectivity index (χ0n) is 30.1. The van der Waals surface area contributed by atoms with E-state index in [0.29, 0.717) is 23.5 Å². The van der Waals surface area contributed by atoms with Gasteiger partial charge in [-0.15, -0.1) is 0 Å². The highest BCUT2D eigenvalue weighted by Gasteiger charge is 2.55. The fourth-order valence-corrected chi connectivity index (χ4v) is 10.1. The number of primary amides is 1. The van der Waals surface area contributed by atoms with Crippen molar-refractivity contribution in [3.63, 3.8) is 0 Å². The van der Waals surface area contributed by atoms with E-state index >= 15 is 0 Å². The molecule has 0 aliphatic heterocycles. The lowest BCUT2D eigenvalue weighted by Crippen LogP contribution is -2.44. The number of rotatable bonds is 11. The second-order valence-corrected chi connectivity index (χ2v) is 17.3. The van der Waals surface area contributed by atoms with Crippen molar-refractivity contribution < 1.29 is 42.3 Å². The van der Waals surface area contributed by atoms with E-state index in [4.69, 9.17) is 28.8 Å². The number of carbonyl (C=O) groups is 2. The van der Waals surface area contributed by atoms with Gasteiger partial charge in [0.05, 0.1) is 43.1 Å². The number of aromatic hydroxyl groups is 1. The third kappa shape index (κ3) is 8.28. The van der Waals surface area contributed by atoms with Gasteiger partial charge in [-0.1, -0.05) is 13.0 Å². The van der Waals surface area contributed by atoms with Crippen LogP contribution in [0.5, 0.6) is 17.2 Å². The molecule has 12 heteroatoms. The molecule has 5 atom stereocenters. The first-order valence-corrected chi connectivity index (χ1v) is 18.7. The number of benzene rings is 2. The van der Waals surface area contributed by atoms with Gasteiger partial charge >= 0.3 is 7.82 Å². The number of ether oxygens (including phenoxy) is 2. The summed E-state index contributed by atoms with van der Waals surface area (Å²) in [5.41, 5.74) is 6.46. The van der Waals surface area contributed by atoms with Crippen LogP contribution in [0.25, 0.3) is 0 Å². The number of phosphoric acid groups is 1. The molecular weight excluding hydrogens is 647 g/mol. The summed E-state index contributed by atoms with van der Waals surface area (Å²) in [4.78, 5) is 24.6. The average molecular weight is 701 g/mol. The smallest absolute Gasteiger partial charge is 0.505 e. The number of phosphoric ester groups is 1. The number of hydrogen-bond acceptors (Lipinski definition) is 9. The molecule has 5 unspecified atom stereocenters. The maximum atomic E-state index is 13.7. The van der Waals surface area contributed by atoms with Crippen LogP contribution in [-0.2, 0) is 29.6 Å². The van der Waals surface area contributed by atoms with E-state index in [1.54, 1.807) is 0 Å². The van der Waals surface area contributed by atoms with E-state index in [-0.39, 0.29) is 47.5 Å². The number of anilines is 1. The molecule has 2 aromatic rings. The van der Waals surface area contributed by atoms with Gasteiger partial charge in [0, 0.05) is 0 Å². The van der Waals surface area contributed by atoms with Crippen molar-refractivity contribution in [1.82, 2.24) is 0 Å². The lowest BCUT2D eigenvalue weighted by molar-refractivity contribution is -0.119. The minimum Gasteiger partial charge on any atom is -0.505 e. The van der Waals surface area contributed by atoms with Crippen molar-refractivity contribution in [3.05, 3.63) is 47.0 Å². The predicted octanol–water partition coefficient (Wildman–Crippen LogP) is 7.89. The molecule has 2 fully saturated rings. The van der Waals surface area contributed by atoms with Gasteiger partial charge in [0.25, 0.3) is 5.91 Å². The number of amides is 2. The van der Waals surface area contributed by atoms with Gasteiger partial charge in [-0.05, 0) is 139 Å². The summed E-state index contributed by atoms with van der Waals surface area (Å²) in [5.74, 6) is 0.488. The van der Waals surface area contributed by atoms with Crippen molar-refractivity contribution in [2.75, 3.05) is 19.0 Å². The number of phenols is 1. The van der Waals surface area contributed by atoms with Crippen LogP contribution < -0.4 is 20.3 Å². The SMILES string of the molecule is COc1ccc(NC(=O)CCOC2CCC3C4CCc5cc(OP(=O)(OC(C)(C)C)OC(C)(C)C)ccc5C4CCC23C)c(O)c1C(N)=O. The van der Waals surface area contributed by atoms with Gasteiger partial charge in [0.15, 0.2) is 5.75 Å². The van der Waals surface area contributed by atoms with Gasteiger partial charge in [0.1, 0.15) is 17.1 Å². The normalized spacial score (nSPS) is 25.1. The van der Waals surface area contributed by atoms with Crippen molar-refractivity contribution in [3.8, 4) is 17.2 Å². The van der Waals surface area contributed by atoms with E-state index in [2.05, 4.69) is 18.3 Å². The van der Waals surface area contributed by atoms with Crippen molar-refractivity contribution in [2.24, 2.45) is 23.0 Å². The van der Waals surface area contributed by atoms with Crippen LogP contribution in [0.4, 0.5) is 5.69 Å². The molecule has 0 spiro atoms. The van der Waals surface area contributed by atoms with Crippen LogP contribution in [0.15, 0.2) is 30.3 Å². The van der Waals surface area contributed by atoms with Crippen LogP contribution in [0.2, 0.25) is 0 Å². The molecule has 2 saturated carbocycles. The summed E-state index contributed by atoms with van der Waals surface area (Å²) < 4.78 is 42.9. The number of hydrogen-bond donors (Lipinski definition) is 3. The van der Waals surface area contributed by atoms with Crippen molar-refractivity contribution in [2.45, 2.75) is 117 Å². The van der Waals surface area contributed by atoms with Crippen LogP contribution >= 0.6 is 7.82 Å². The van der Waals surface area contributed by atoms with Crippen molar-refractivity contribution >= 4 is 25.3 Å². The second-order valence-electron chi connectivity index (χ2n) is 15.9. The molecule has 270 valence electrons. The monoisotopic (exact) mass is 700 g/mol. The maximum Gasteiger partial charge on any atom is 0.531 e. The van der Waals surface area contributed by atoms with Gasteiger partial charge in [-0.25, -0.2) is 4.57 Å². The molecule has 2 amide bonds. The number of nitrogens with two attached hydrogens (primary N) is 1. The highest BCUT2D eigenvalue weighted by molar-refractivity contribution is 7.49. The third-order valence-electron chi connectivity index (χ3n) is 10.1. The fraction of sp³-hybridized carbons (Fsp3) is 0.622. The van der Waals surface area contributed by atoms with E-state index in [9.17, 15) is 19.3 Å². The Balaban J connectivity index is 1.20. The molecule has 3 aliphatic rings. The summed E-state index contributed by atoms with van der Waals surface area (Å²) in [7, 11) is -2.53. The Kier molecular flexibility index (Phi) is 10.5. The van der Waals surface area contributed by atoms with Crippen LogP contribution in [0.3, 0.4) is 0 Å². The van der Waals surface area contributed by atoms with E-state index in [1.807, 2.05) is 53.7 Å². The molecule has 4 N–H and O–H groups in total. The topological polar surface area (TPSA) is 156 Å². The first-order chi connectivity index (χ1) is 22.8. The minimum atomic E-state index is -3.90. The molecule has 2 aromatic carbocycles. The lowest BCUT2D eigenvalue weighted by atomic mass is 9.55. The minimum absolute atomic E-state index is 0.0179. The van der Waals surface area contributed by atoms with Gasteiger partial charge in [-0.2, -0.15) is 0 Å². The number of aryl methyl sites for hydroxylation is 1. The largest absolute Gasteiger partial charge is 0.531 e. The summed E-state index contributed by atoms with van der Waals surface area (Å²) in [6.07, 6.45) is 6.23. The first kappa shape index (κ1) is 37.2. The molecular formula is C37H53N2O9P. The van der Waals surface area contributed by atoms with Gasteiger partial charge in [-0.3, -0.25) is 18.6 Å². The highest BCUT2D eigenvalue weighted by atomic mass is 31.2.